The lowest BCUT2D eigenvalue weighted by Crippen LogP contribution is -2.30. The van der Waals surface area contributed by atoms with E-state index in [2.05, 4.69) is 25.2 Å². The van der Waals surface area contributed by atoms with E-state index in [0.717, 1.165) is 17.0 Å². The Kier molecular flexibility index (Phi) is 5.16. The van der Waals surface area contributed by atoms with Gasteiger partial charge in [0.25, 0.3) is 0 Å². The molecule has 0 heterocycles. The number of hydrogen-bond acceptors (Lipinski definition) is 1. The summed E-state index contributed by atoms with van der Waals surface area (Å²) in [5, 5.41) is 4.29. The van der Waals surface area contributed by atoms with E-state index in [4.69, 9.17) is 11.6 Å². The van der Waals surface area contributed by atoms with Gasteiger partial charge in [0.15, 0.2) is 0 Å². The van der Waals surface area contributed by atoms with Crippen LogP contribution in [0.1, 0.15) is 31.0 Å². The molecule has 0 aliphatic carbocycles. The van der Waals surface area contributed by atoms with Crippen LogP contribution in [-0.2, 0) is 6.42 Å². The van der Waals surface area contributed by atoms with Gasteiger partial charge in [0.2, 0.25) is 0 Å². The van der Waals surface area contributed by atoms with Gasteiger partial charge >= 0.3 is 0 Å². The maximum absolute atomic E-state index is 12.9. The van der Waals surface area contributed by atoms with Crippen molar-refractivity contribution in [2.75, 3.05) is 0 Å². The Morgan fingerprint density at radius 2 is 1.80 bits per heavy atom. The second-order valence-corrected chi connectivity index (χ2v) is 5.61. The molecule has 0 bridgehead atoms. The molecule has 1 N–H and O–H groups in total. The molecule has 20 heavy (non-hydrogen) atoms. The first kappa shape index (κ1) is 15.0. The highest BCUT2D eigenvalue weighted by atomic mass is 35.5. The first-order valence-electron chi connectivity index (χ1n) is 6.80. The second kappa shape index (κ2) is 6.87. The first-order chi connectivity index (χ1) is 9.54. The number of benzene rings is 2. The van der Waals surface area contributed by atoms with Gasteiger partial charge < -0.3 is 5.32 Å². The summed E-state index contributed by atoms with van der Waals surface area (Å²) < 4.78 is 12.9. The minimum absolute atomic E-state index is 0.193. The van der Waals surface area contributed by atoms with Gasteiger partial charge in [-0.1, -0.05) is 35.9 Å². The maximum atomic E-state index is 12.9. The molecule has 0 spiro atoms. The van der Waals surface area contributed by atoms with E-state index in [-0.39, 0.29) is 11.9 Å². The van der Waals surface area contributed by atoms with E-state index in [9.17, 15) is 4.39 Å². The third-order valence-electron chi connectivity index (χ3n) is 3.34. The number of rotatable bonds is 5. The first-order valence-corrected chi connectivity index (χ1v) is 7.18. The van der Waals surface area contributed by atoms with Crippen LogP contribution in [0.5, 0.6) is 0 Å². The van der Waals surface area contributed by atoms with Crippen LogP contribution in [-0.4, -0.2) is 6.04 Å². The van der Waals surface area contributed by atoms with Gasteiger partial charge in [-0.05, 0) is 55.7 Å². The van der Waals surface area contributed by atoms with Crippen molar-refractivity contribution in [2.45, 2.75) is 32.4 Å². The Hall–Kier alpha value is -1.38. The number of nitrogens with one attached hydrogen (secondary N) is 1. The predicted molar refractivity (Wildman–Crippen MR) is 82.6 cm³/mol. The lowest BCUT2D eigenvalue weighted by atomic mass is 10.0. The zero-order valence-electron chi connectivity index (χ0n) is 11.7. The fourth-order valence-electron chi connectivity index (χ4n) is 2.33. The summed E-state index contributed by atoms with van der Waals surface area (Å²) in [6.45, 7) is 4.25. The van der Waals surface area contributed by atoms with Crippen LogP contribution in [0.25, 0.3) is 0 Å². The quantitative estimate of drug-likeness (QED) is 0.837. The van der Waals surface area contributed by atoms with E-state index in [1.165, 1.54) is 17.7 Å². The molecule has 1 unspecified atom stereocenters. The molecule has 0 aliphatic heterocycles. The molecule has 106 valence electrons. The van der Waals surface area contributed by atoms with Gasteiger partial charge in [0.1, 0.15) is 5.82 Å². The van der Waals surface area contributed by atoms with E-state index in [0.29, 0.717) is 6.04 Å². The number of hydrogen-bond donors (Lipinski definition) is 1. The zero-order valence-corrected chi connectivity index (χ0v) is 12.5. The molecule has 0 radical (unpaired) electrons. The topological polar surface area (TPSA) is 12.0 Å². The SMILES string of the molecule is CC(Cc1ccc(F)cc1)N[C@H](C)c1cccc(Cl)c1. The normalized spacial score (nSPS) is 14.0. The highest BCUT2D eigenvalue weighted by molar-refractivity contribution is 6.30. The van der Waals surface area contributed by atoms with Crippen LogP contribution in [0.15, 0.2) is 48.5 Å². The van der Waals surface area contributed by atoms with Crippen LogP contribution in [0.3, 0.4) is 0 Å². The molecule has 3 heteroatoms. The molecule has 0 saturated heterocycles. The fourth-order valence-corrected chi connectivity index (χ4v) is 2.53. The van der Waals surface area contributed by atoms with Crippen molar-refractivity contribution in [2.24, 2.45) is 0 Å². The van der Waals surface area contributed by atoms with Gasteiger partial charge in [-0.25, -0.2) is 4.39 Å². The van der Waals surface area contributed by atoms with E-state index >= 15 is 0 Å². The Morgan fingerprint density at radius 1 is 1.10 bits per heavy atom. The van der Waals surface area contributed by atoms with Crippen molar-refractivity contribution >= 4 is 11.6 Å². The van der Waals surface area contributed by atoms with E-state index in [1.807, 2.05) is 30.3 Å². The predicted octanol–water partition coefficient (Wildman–Crippen LogP) is 4.76. The lowest BCUT2D eigenvalue weighted by Gasteiger charge is -2.20. The van der Waals surface area contributed by atoms with Gasteiger partial charge in [-0.3, -0.25) is 0 Å². The molecule has 2 atom stereocenters. The summed E-state index contributed by atoms with van der Waals surface area (Å²) in [6, 6.07) is 15.1. The molecule has 0 amide bonds. The maximum Gasteiger partial charge on any atom is 0.123 e. The summed E-state index contributed by atoms with van der Waals surface area (Å²) in [5.41, 5.74) is 2.30. The Morgan fingerprint density at radius 3 is 2.45 bits per heavy atom. The zero-order chi connectivity index (χ0) is 14.5. The van der Waals surface area contributed by atoms with Crippen LogP contribution in [0.4, 0.5) is 4.39 Å². The lowest BCUT2D eigenvalue weighted by molar-refractivity contribution is 0.477. The van der Waals surface area contributed by atoms with Crippen LogP contribution in [0, 0.1) is 5.82 Å². The average Bonchev–Trinajstić information content (AvgIpc) is 2.41. The van der Waals surface area contributed by atoms with E-state index in [1.54, 1.807) is 0 Å². The molecule has 1 nitrogen and oxygen atoms in total. The van der Waals surface area contributed by atoms with E-state index < -0.39 is 0 Å². The standard InChI is InChI=1S/C17H19ClFN/c1-12(10-14-6-8-17(19)9-7-14)20-13(2)15-4-3-5-16(18)11-15/h3-9,11-13,20H,10H2,1-2H3/t12?,13-/m1/s1. The second-order valence-electron chi connectivity index (χ2n) is 5.17. The Bertz CT molecular complexity index is 553. The molecule has 2 aromatic carbocycles. The summed E-state index contributed by atoms with van der Waals surface area (Å²) in [7, 11) is 0. The van der Waals surface area contributed by atoms with Crippen molar-refractivity contribution in [1.82, 2.24) is 5.32 Å². The third-order valence-corrected chi connectivity index (χ3v) is 3.57. The van der Waals surface area contributed by atoms with Crippen molar-refractivity contribution < 1.29 is 4.39 Å². The summed E-state index contributed by atoms with van der Waals surface area (Å²) in [4.78, 5) is 0. The molecule has 0 saturated carbocycles. The van der Waals surface area contributed by atoms with Crippen molar-refractivity contribution in [1.29, 1.82) is 0 Å². The Balaban J connectivity index is 1.93. The molecule has 2 rings (SSSR count). The minimum atomic E-state index is -0.193. The highest BCUT2D eigenvalue weighted by Crippen LogP contribution is 2.18. The molecular formula is C17H19ClFN. The minimum Gasteiger partial charge on any atom is -0.307 e. The summed E-state index contributed by atoms with van der Waals surface area (Å²) >= 11 is 6.01. The highest BCUT2D eigenvalue weighted by Gasteiger charge is 2.10. The molecule has 0 aliphatic rings. The van der Waals surface area contributed by atoms with Gasteiger partial charge in [0.05, 0.1) is 0 Å². The third kappa shape index (κ3) is 4.32. The Labute approximate surface area is 124 Å². The number of halogens is 2. The van der Waals surface area contributed by atoms with Crippen molar-refractivity contribution in [3.63, 3.8) is 0 Å². The van der Waals surface area contributed by atoms with Crippen LogP contribution in [0.2, 0.25) is 5.02 Å². The molecule has 0 fully saturated rings. The van der Waals surface area contributed by atoms with Gasteiger partial charge in [0, 0.05) is 17.1 Å². The van der Waals surface area contributed by atoms with Crippen LogP contribution >= 0.6 is 11.6 Å². The van der Waals surface area contributed by atoms with Gasteiger partial charge in [-0.2, -0.15) is 0 Å². The van der Waals surface area contributed by atoms with Crippen molar-refractivity contribution in [3.05, 3.63) is 70.5 Å². The average molecular weight is 292 g/mol. The van der Waals surface area contributed by atoms with Crippen molar-refractivity contribution in [3.8, 4) is 0 Å². The van der Waals surface area contributed by atoms with Gasteiger partial charge in [-0.15, -0.1) is 0 Å². The molecule has 0 aromatic heterocycles. The fraction of sp³-hybridized carbons (Fsp3) is 0.294. The largest absolute Gasteiger partial charge is 0.307 e. The summed E-state index contributed by atoms with van der Waals surface area (Å²) in [5.74, 6) is -0.193. The van der Waals surface area contributed by atoms with Crippen LogP contribution < -0.4 is 5.32 Å². The smallest absolute Gasteiger partial charge is 0.123 e. The molecule has 2 aromatic rings. The summed E-state index contributed by atoms with van der Waals surface area (Å²) in [6.07, 6.45) is 0.866. The monoisotopic (exact) mass is 291 g/mol. The molecular weight excluding hydrogens is 273 g/mol.